The van der Waals surface area contributed by atoms with E-state index in [0.717, 1.165) is 24.3 Å². The number of rotatable bonds is 3. The molecule has 0 aromatic heterocycles. The highest BCUT2D eigenvalue weighted by Gasteiger charge is 2.50. The van der Waals surface area contributed by atoms with E-state index in [1.807, 2.05) is 0 Å². The van der Waals surface area contributed by atoms with Gasteiger partial charge >= 0.3 is 0 Å². The van der Waals surface area contributed by atoms with E-state index in [-0.39, 0.29) is 5.91 Å². The summed E-state index contributed by atoms with van der Waals surface area (Å²) < 4.78 is 0. The van der Waals surface area contributed by atoms with E-state index in [2.05, 4.69) is 5.32 Å². The van der Waals surface area contributed by atoms with Gasteiger partial charge in [0.15, 0.2) is 0 Å². The third kappa shape index (κ3) is 2.10. The zero-order valence-corrected chi connectivity index (χ0v) is 10.6. The monoisotopic (exact) mass is 237 g/mol. The Balaban J connectivity index is 1.64. The zero-order valence-electron chi connectivity index (χ0n) is 10.6. The van der Waals surface area contributed by atoms with Crippen LogP contribution in [-0.4, -0.2) is 23.7 Å². The highest BCUT2D eigenvalue weighted by molar-refractivity contribution is 5.79. The maximum absolute atomic E-state index is 11.5. The lowest BCUT2D eigenvalue weighted by molar-refractivity contribution is -0.130. The molecule has 17 heavy (non-hydrogen) atoms. The number of carbonyl (C=O) groups excluding carboxylic acids is 1. The maximum atomic E-state index is 11.5. The van der Waals surface area contributed by atoms with Crippen molar-refractivity contribution in [3.8, 4) is 0 Å². The number of carbonyl (C=O) groups is 1. The summed E-state index contributed by atoms with van der Waals surface area (Å²) in [4.78, 5) is 11.5. The topological polar surface area (TPSA) is 49.3 Å². The summed E-state index contributed by atoms with van der Waals surface area (Å²) in [6.07, 6.45) is 7.34. The van der Waals surface area contributed by atoms with Crippen molar-refractivity contribution in [1.82, 2.24) is 5.32 Å². The molecule has 0 aliphatic heterocycles. The van der Waals surface area contributed by atoms with Gasteiger partial charge in [0.05, 0.1) is 0 Å². The Bertz CT molecular complexity index is 289. The minimum Gasteiger partial charge on any atom is -0.384 e. The molecule has 3 heteroatoms. The number of amides is 1. The number of aliphatic hydroxyl groups is 1. The van der Waals surface area contributed by atoms with Crippen LogP contribution < -0.4 is 5.32 Å². The number of aliphatic hydroxyl groups excluding tert-OH is 1. The van der Waals surface area contributed by atoms with Gasteiger partial charge in [0, 0.05) is 6.54 Å². The van der Waals surface area contributed by atoms with Crippen molar-refractivity contribution in [2.45, 2.75) is 51.6 Å². The van der Waals surface area contributed by atoms with Crippen molar-refractivity contribution in [3.05, 3.63) is 0 Å². The van der Waals surface area contributed by atoms with Crippen LogP contribution in [0, 0.1) is 23.2 Å². The fourth-order valence-electron chi connectivity index (χ4n) is 4.93. The zero-order chi connectivity index (χ0) is 12.0. The molecule has 4 aliphatic carbocycles. The van der Waals surface area contributed by atoms with Crippen LogP contribution in [0.2, 0.25) is 0 Å². The van der Waals surface area contributed by atoms with E-state index in [1.54, 1.807) is 0 Å². The highest BCUT2D eigenvalue weighted by Crippen LogP contribution is 2.59. The van der Waals surface area contributed by atoms with Crippen molar-refractivity contribution in [1.29, 1.82) is 0 Å². The van der Waals surface area contributed by atoms with Crippen LogP contribution in [-0.2, 0) is 4.79 Å². The fourth-order valence-corrected chi connectivity index (χ4v) is 4.93. The van der Waals surface area contributed by atoms with Gasteiger partial charge in [0.1, 0.15) is 6.10 Å². The first kappa shape index (κ1) is 11.5. The Morgan fingerprint density at radius 3 is 2.12 bits per heavy atom. The van der Waals surface area contributed by atoms with E-state index in [1.165, 1.54) is 45.4 Å². The lowest BCUT2D eigenvalue weighted by Crippen LogP contribution is -2.52. The molecule has 0 spiro atoms. The molecule has 4 saturated carbocycles. The minimum atomic E-state index is -0.871. The first-order valence-corrected chi connectivity index (χ1v) is 7.02. The van der Waals surface area contributed by atoms with Gasteiger partial charge in [-0.3, -0.25) is 4.79 Å². The molecule has 4 aliphatic rings. The lowest BCUT2D eigenvalue weighted by atomic mass is 9.49. The van der Waals surface area contributed by atoms with Crippen LogP contribution in [0.3, 0.4) is 0 Å². The van der Waals surface area contributed by atoms with Crippen LogP contribution >= 0.6 is 0 Å². The van der Waals surface area contributed by atoms with Crippen LogP contribution in [0.15, 0.2) is 0 Å². The van der Waals surface area contributed by atoms with Crippen molar-refractivity contribution in [3.63, 3.8) is 0 Å². The average Bonchev–Trinajstić information content (AvgIpc) is 2.24. The second-order valence-corrected chi connectivity index (χ2v) is 6.81. The van der Waals surface area contributed by atoms with E-state index < -0.39 is 6.10 Å². The molecule has 0 aromatic rings. The van der Waals surface area contributed by atoms with Gasteiger partial charge in [-0.05, 0) is 68.6 Å². The van der Waals surface area contributed by atoms with Crippen LogP contribution in [0.5, 0.6) is 0 Å². The van der Waals surface area contributed by atoms with Crippen molar-refractivity contribution >= 4 is 5.91 Å². The molecule has 2 N–H and O–H groups in total. The third-order valence-corrected chi connectivity index (χ3v) is 5.18. The van der Waals surface area contributed by atoms with Crippen LogP contribution in [0.25, 0.3) is 0 Å². The average molecular weight is 237 g/mol. The molecular formula is C14H23NO2. The summed E-state index contributed by atoms with van der Waals surface area (Å²) in [5.41, 5.74) is 0.374. The normalized spacial score (nSPS) is 44.7. The summed E-state index contributed by atoms with van der Waals surface area (Å²) in [5, 5.41) is 12.2. The third-order valence-electron chi connectivity index (χ3n) is 5.18. The van der Waals surface area contributed by atoms with E-state index >= 15 is 0 Å². The minimum absolute atomic E-state index is 0.208. The van der Waals surface area contributed by atoms with E-state index in [9.17, 15) is 9.90 Å². The van der Waals surface area contributed by atoms with Gasteiger partial charge in [-0.1, -0.05) is 0 Å². The van der Waals surface area contributed by atoms with Crippen LogP contribution in [0.4, 0.5) is 0 Å². The molecule has 0 heterocycles. The van der Waals surface area contributed by atoms with Crippen molar-refractivity contribution < 1.29 is 9.90 Å². The molecule has 1 unspecified atom stereocenters. The Labute approximate surface area is 103 Å². The van der Waals surface area contributed by atoms with Gasteiger partial charge < -0.3 is 10.4 Å². The second kappa shape index (κ2) is 3.98. The molecule has 3 nitrogen and oxygen atoms in total. The molecule has 4 bridgehead atoms. The first-order chi connectivity index (χ1) is 8.06. The van der Waals surface area contributed by atoms with Gasteiger partial charge in [-0.2, -0.15) is 0 Å². The highest BCUT2D eigenvalue weighted by atomic mass is 16.3. The number of hydrogen-bond acceptors (Lipinski definition) is 2. The van der Waals surface area contributed by atoms with Gasteiger partial charge in [-0.25, -0.2) is 0 Å². The molecule has 1 amide bonds. The number of nitrogens with one attached hydrogen (secondary N) is 1. The molecule has 96 valence electrons. The van der Waals surface area contributed by atoms with E-state index in [4.69, 9.17) is 0 Å². The Hall–Kier alpha value is -0.570. The number of hydrogen-bond donors (Lipinski definition) is 2. The van der Waals surface area contributed by atoms with Crippen molar-refractivity contribution in [2.24, 2.45) is 23.2 Å². The van der Waals surface area contributed by atoms with Crippen LogP contribution in [0.1, 0.15) is 45.4 Å². The Morgan fingerprint density at radius 2 is 1.71 bits per heavy atom. The molecule has 4 rings (SSSR count). The Morgan fingerprint density at radius 1 is 1.24 bits per heavy atom. The van der Waals surface area contributed by atoms with Crippen molar-refractivity contribution in [2.75, 3.05) is 6.54 Å². The standard InChI is InChI=1S/C14H23NO2/c1-9(16)13(17)15-8-14-5-10-2-11(6-14)4-12(3-10)7-14/h9-12,16H,2-8H2,1H3,(H,15,17). The summed E-state index contributed by atoms with van der Waals surface area (Å²) in [6, 6.07) is 0. The quantitative estimate of drug-likeness (QED) is 0.785. The largest absolute Gasteiger partial charge is 0.384 e. The fraction of sp³-hybridized carbons (Fsp3) is 0.929. The predicted molar refractivity (Wildman–Crippen MR) is 65.3 cm³/mol. The molecule has 1 atom stereocenters. The Kier molecular flexibility index (Phi) is 2.69. The summed E-state index contributed by atoms with van der Waals surface area (Å²) >= 11 is 0. The molecule has 0 aromatic carbocycles. The molecule has 0 saturated heterocycles. The summed E-state index contributed by atoms with van der Waals surface area (Å²) in [6.45, 7) is 2.33. The van der Waals surface area contributed by atoms with Gasteiger partial charge in [0.25, 0.3) is 0 Å². The molecular weight excluding hydrogens is 214 g/mol. The summed E-state index contributed by atoms with van der Waals surface area (Å²) in [5.74, 6) is 2.56. The first-order valence-electron chi connectivity index (χ1n) is 7.02. The smallest absolute Gasteiger partial charge is 0.248 e. The molecule has 4 fully saturated rings. The van der Waals surface area contributed by atoms with Gasteiger partial charge in [-0.15, -0.1) is 0 Å². The van der Waals surface area contributed by atoms with Gasteiger partial charge in [0.2, 0.25) is 5.91 Å². The maximum Gasteiger partial charge on any atom is 0.248 e. The lowest BCUT2D eigenvalue weighted by Gasteiger charge is -2.56. The predicted octanol–water partition coefficient (Wildman–Crippen LogP) is 1.70. The second-order valence-electron chi connectivity index (χ2n) is 6.81. The SMILES string of the molecule is CC(O)C(=O)NCC12CC3CC(CC(C3)C1)C2. The summed E-state index contributed by atoms with van der Waals surface area (Å²) in [7, 11) is 0. The van der Waals surface area contributed by atoms with E-state index in [0.29, 0.717) is 5.41 Å². The molecule has 0 radical (unpaired) electrons.